The van der Waals surface area contributed by atoms with Gasteiger partial charge in [0.15, 0.2) is 12.2 Å². The maximum Gasteiger partial charge on any atom is 0.181 e. The van der Waals surface area contributed by atoms with E-state index in [4.69, 9.17) is 16.0 Å². The van der Waals surface area contributed by atoms with Crippen molar-refractivity contribution in [1.29, 1.82) is 0 Å². The van der Waals surface area contributed by atoms with Gasteiger partial charge in [0.05, 0.1) is 0 Å². The van der Waals surface area contributed by atoms with Gasteiger partial charge in [0.1, 0.15) is 5.69 Å². The van der Waals surface area contributed by atoms with Gasteiger partial charge in [-0.3, -0.25) is 0 Å². The fraction of sp³-hybridized carbons (Fsp3) is 0.250. The van der Waals surface area contributed by atoms with Crippen molar-refractivity contribution < 1.29 is 4.42 Å². The molecule has 0 saturated heterocycles. The van der Waals surface area contributed by atoms with E-state index >= 15 is 0 Å². The molecule has 0 radical (unpaired) electrons. The largest absolute Gasteiger partial charge is 0.443 e. The zero-order valence-corrected chi connectivity index (χ0v) is 11.7. The Morgan fingerprint density at radius 2 is 2.24 bits per heavy atom. The maximum atomic E-state index is 6.02. The summed E-state index contributed by atoms with van der Waals surface area (Å²) in [6, 6.07) is 5.66. The quantitative estimate of drug-likeness (QED) is 0.931. The van der Waals surface area contributed by atoms with Crippen molar-refractivity contribution in [3.63, 3.8) is 0 Å². The van der Waals surface area contributed by atoms with E-state index in [0.29, 0.717) is 11.6 Å². The molecule has 17 heavy (non-hydrogen) atoms. The molecular formula is C12H12BrClN2O. The molecule has 5 heteroatoms. The summed E-state index contributed by atoms with van der Waals surface area (Å²) < 4.78 is 6.35. The normalized spacial score (nSPS) is 10.8. The van der Waals surface area contributed by atoms with Crippen molar-refractivity contribution >= 4 is 27.5 Å². The van der Waals surface area contributed by atoms with Gasteiger partial charge in [0.25, 0.3) is 0 Å². The van der Waals surface area contributed by atoms with Crippen LogP contribution in [0.2, 0.25) is 5.02 Å². The zero-order chi connectivity index (χ0) is 12.3. The van der Waals surface area contributed by atoms with E-state index in [2.05, 4.69) is 33.2 Å². The van der Waals surface area contributed by atoms with Crippen LogP contribution < -0.4 is 5.32 Å². The fourth-order valence-electron chi connectivity index (χ4n) is 1.56. The number of rotatable bonds is 4. The number of nitrogens with zero attached hydrogens (tertiary/aromatic N) is 1. The minimum absolute atomic E-state index is 0.667. The van der Waals surface area contributed by atoms with Crippen molar-refractivity contribution in [3.05, 3.63) is 39.8 Å². The van der Waals surface area contributed by atoms with Gasteiger partial charge in [-0.15, -0.1) is 0 Å². The number of oxazole rings is 1. The van der Waals surface area contributed by atoms with Gasteiger partial charge in [0, 0.05) is 21.6 Å². The molecule has 0 atom stereocenters. The third kappa shape index (κ3) is 3.09. The minimum Gasteiger partial charge on any atom is -0.443 e. The molecule has 0 aliphatic heterocycles. The monoisotopic (exact) mass is 314 g/mol. The molecule has 1 aromatic heterocycles. The number of hydrogen-bond acceptors (Lipinski definition) is 3. The summed E-state index contributed by atoms with van der Waals surface area (Å²) >= 11 is 9.43. The molecule has 2 aromatic rings. The van der Waals surface area contributed by atoms with Crippen LogP contribution in [0.3, 0.4) is 0 Å². The van der Waals surface area contributed by atoms with Gasteiger partial charge in [-0.1, -0.05) is 34.5 Å². The van der Waals surface area contributed by atoms with E-state index in [1.807, 2.05) is 18.2 Å². The molecule has 1 aromatic carbocycles. The molecular weight excluding hydrogens is 304 g/mol. The first-order valence-electron chi connectivity index (χ1n) is 5.30. The van der Waals surface area contributed by atoms with Crippen LogP contribution in [0.1, 0.15) is 12.6 Å². The summed E-state index contributed by atoms with van der Waals surface area (Å²) in [4.78, 5) is 4.20. The Balaban J connectivity index is 2.35. The second-order valence-corrected chi connectivity index (χ2v) is 4.92. The maximum absolute atomic E-state index is 6.02. The molecule has 0 unspecified atom stereocenters. The van der Waals surface area contributed by atoms with Crippen molar-refractivity contribution in [1.82, 2.24) is 10.3 Å². The summed E-state index contributed by atoms with van der Waals surface area (Å²) in [6.07, 6.45) is 1.46. The zero-order valence-electron chi connectivity index (χ0n) is 9.34. The van der Waals surface area contributed by atoms with Crippen molar-refractivity contribution in [3.8, 4) is 11.3 Å². The Morgan fingerprint density at radius 1 is 1.41 bits per heavy atom. The van der Waals surface area contributed by atoms with Gasteiger partial charge < -0.3 is 9.73 Å². The molecule has 0 aliphatic carbocycles. The summed E-state index contributed by atoms with van der Waals surface area (Å²) in [6.45, 7) is 3.63. The topological polar surface area (TPSA) is 38.1 Å². The van der Waals surface area contributed by atoms with E-state index in [-0.39, 0.29) is 0 Å². The summed E-state index contributed by atoms with van der Waals surface area (Å²) in [5.41, 5.74) is 1.82. The van der Waals surface area contributed by atoms with Gasteiger partial charge in [-0.05, 0) is 24.7 Å². The van der Waals surface area contributed by atoms with E-state index in [9.17, 15) is 0 Å². The number of nitrogens with one attached hydrogen (secondary N) is 1. The molecule has 0 fully saturated rings. The highest BCUT2D eigenvalue weighted by Gasteiger charge is 2.11. The third-order valence-corrected chi connectivity index (χ3v) is 2.98. The Kier molecular flexibility index (Phi) is 4.20. The van der Waals surface area contributed by atoms with Crippen LogP contribution in [-0.2, 0) is 6.54 Å². The lowest BCUT2D eigenvalue weighted by molar-refractivity contribution is 0.570. The molecule has 1 N–H and O–H groups in total. The summed E-state index contributed by atoms with van der Waals surface area (Å²) in [7, 11) is 0. The van der Waals surface area contributed by atoms with Gasteiger partial charge >= 0.3 is 0 Å². The highest BCUT2D eigenvalue weighted by Crippen LogP contribution is 2.29. The molecule has 0 amide bonds. The fourth-order valence-corrected chi connectivity index (χ4v) is 2.42. The molecule has 0 saturated carbocycles. The van der Waals surface area contributed by atoms with Gasteiger partial charge in [-0.25, -0.2) is 4.98 Å². The number of hydrogen-bond donors (Lipinski definition) is 1. The molecule has 90 valence electrons. The van der Waals surface area contributed by atoms with Crippen LogP contribution in [0.4, 0.5) is 0 Å². The Morgan fingerprint density at radius 3 is 2.94 bits per heavy atom. The number of halogens is 2. The average Bonchev–Trinajstić information content (AvgIpc) is 2.73. The van der Waals surface area contributed by atoms with Crippen LogP contribution in [0.25, 0.3) is 11.3 Å². The van der Waals surface area contributed by atoms with Crippen molar-refractivity contribution in [2.75, 3.05) is 6.54 Å². The lowest BCUT2D eigenvalue weighted by Crippen LogP contribution is -2.12. The minimum atomic E-state index is 0.667. The van der Waals surface area contributed by atoms with Crippen molar-refractivity contribution in [2.45, 2.75) is 13.5 Å². The van der Waals surface area contributed by atoms with Crippen molar-refractivity contribution in [2.24, 2.45) is 0 Å². The summed E-state index contributed by atoms with van der Waals surface area (Å²) in [5.74, 6) is 0.758. The van der Waals surface area contributed by atoms with E-state index in [0.717, 1.165) is 28.0 Å². The summed E-state index contributed by atoms with van der Waals surface area (Å²) in [5, 5.41) is 3.89. The van der Waals surface area contributed by atoms with Crippen LogP contribution in [0.5, 0.6) is 0 Å². The van der Waals surface area contributed by atoms with E-state index in [1.165, 1.54) is 6.39 Å². The molecule has 0 spiro atoms. The van der Waals surface area contributed by atoms with E-state index < -0.39 is 0 Å². The second kappa shape index (κ2) is 5.67. The molecule has 1 heterocycles. The first kappa shape index (κ1) is 12.6. The Labute approximate surface area is 113 Å². The number of aromatic nitrogens is 1. The highest BCUT2D eigenvalue weighted by molar-refractivity contribution is 9.10. The first-order valence-corrected chi connectivity index (χ1v) is 6.47. The lowest BCUT2D eigenvalue weighted by Gasteiger charge is -2.03. The van der Waals surface area contributed by atoms with Crippen LogP contribution in [0, 0.1) is 0 Å². The highest BCUT2D eigenvalue weighted by atomic mass is 79.9. The average molecular weight is 316 g/mol. The smallest absolute Gasteiger partial charge is 0.181 e. The second-order valence-electron chi connectivity index (χ2n) is 3.57. The van der Waals surface area contributed by atoms with Gasteiger partial charge in [-0.2, -0.15) is 0 Å². The number of benzene rings is 1. The Bertz CT molecular complexity index is 493. The Hall–Kier alpha value is -0.840. The predicted octanol–water partition coefficient (Wildman–Crippen LogP) is 3.87. The third-order valence-electron chi connectivity index (χ3n) is 2.31. The first-order chi connectivity index (χ1) is 8.20. The van der Waals surface area contributed by atoms with E-state index in [1.54, 1.807) is 0 Å². The van der Waals surface area contributed by atoms with Gasteiger partial charge in [0.2, 0.25) is 0 Å². The lowest BCUT2D eigenvalue weighted by atomic mass is 10.1. The standard InChI is InChI=1S/C12H12BrClN2O/c1-2-15-6-11-12(17-7-16-11)8-3-9(13)5-10(14)4-8/h3-5,7,15H,2,6H2,1H3. The van der Waals surface area contributed by atoms with Crippen LogP contribution in [0.15, 0.2) is 33.5 Å². The SMILES string of the molecule is CCNCc1ncoc1-c1cc(Cl)cc(Br)c1. The molecule has 2 rings (SSSR count). The molecule has 0 bridgehead atoms. The molecule has 3 nitrogen and oxygen atoms in total. The van der Waals surface area contributed by atoms with Crippen LogP contribution in [-0.4, -0.2) is 11.5 Å². The predicted molar refractivity (Wildman–Crippen MR) is 72.0 cm³/mol. The molecule has 0 aliphatic rings. The van der Waals surface area contributed by atoms with Crippen LogP contribution >= 0.6 is 27.5 Å².